The summed E-state index contributed by atoms with van der Waals surface area (Å²) in [5, 5.41) is 9.26. The van der Waals surface area contributed by atoms with Crippen molar-refractivity contribution in [2.45, 2.75) is 19.4 Å². The minimum Gasteiger partial charge on any atom is -0.465 e. The third-order valence-corrected chi connectivity index (χ3v) is 5.74. The van der Waals surface area contributed by atoms with E-state index in [9.17, 15) is 19.5 Å². The van der Waals surface area contributed by atoms with Crippen molar-refractivity contribution in [3.63, 3.8) is 0 Å². The second-order valence-corrected chi connectivity index (χ2v) is 7.55. The van der Waals surface area contributed by atoms with Gasteiger partial charge in [0.15, 0.2) is 17.1 Å². The Hall–Kier alpha value is -2.99. The smallest absolute Gasteiger partial charge is 0.407 e. The molecule has 1 heterocycles. The molecule has 0 unspecified atom stereocenters. The molecular weight excluding hydrogens is 356 g/mol. The van der Waals surface area contributed by atoms with Gasteiger partial charge in [-0.3, -0.25) is 14.5 Å². The molecule has 0 radical (unpaired) electrons. The number of carbonyl (C=O) groups is 3. The zero-order chi connectivity index (χ0) is 20.1. The van der Waals surface area contributed by atoms with E-state index >= 15 is 0 Å². The van der Waals surface area contributed by atoms with E-state index in [4.69, 9.17) is 0 Å². The topological polar surface area (TPSA) is 77.9 Å². The molecule has 1 saturated heterocycles. The predicted octanol–water partition coefficient (Wildman–Crippen LogP) is 2.87. The molecule has 6 heteroatoms. The Labute approximate surface area is 163 Å². The highest BCUT2D eigenvalue weighted by Crippen LogP contribution is 2.43. The largest absolute Gasteiger partial charge is 0.465 e. The van der Waals surface area contributed by atoms with Gasteiger partial charge in [-0.2, -0.15) is 0 Å². The number of rotatable bonds is 2. The highest BCUT2D eigenvalue weighted by Gasteiger charge is 2.58. The molecule has 2 aromatic carbocycles. The molecule has 6 nitrogen and oxygen atoms in total. The lowest BCUT2D eigenvalue weighted by atomic mass is 9.81. The van der Waals surface area contributed by atoms with E-state index < -0.39 is 11.6 Å². The van der Waals surface area contributed by atoms with Crippen LogP contribution in [-0.2, 0) is 5.54 Å². The standard InChI is InChI=1S/C22H22N2O4/c1-14-11-15(2)13-16(12-14)22(24-9-7-23(8-10-24)21(27)28)19(25)17-5-3-4-6-18(17)20(22)26/h3-6,11-13H,7-10H2,1-2H3,(H,27,28). The first-order valence-electron chi connectivity index (χ1n) is 9.36. The predicted molar refractivity (Wildman–Crippen MR) is 104 cm³/mol. The number of carboxylic acid groups (broad SMARTS) is 1. The Balaban J connectivity index is 1.88. The molecule has 2 aromatic rings. The maximum absolute atomic E-state index is 13.7. The number of fused-ring (bicyclic) bond motifs is 1. The Bertz CT molecular complexity index is 935. The molecule has 144 valence electrons. The van der Waals surface area contributed by atoms with Crippen LogP contribution in [0, 0.1) is 13.8 Å². The molecule has 1 aliphatic carbocycles. The van der Waals surface area contributed by atoms with E-state index in [-0.39, 0.29) is 24.7 Å². The maximum atomic E-state index is 13.7. The summed E-state index contributed by atoms with van der Waals surface area (Å²) in [5.74, 6) is -0.441. The minimum atomic E-state index is -1.43. The van der Waals surface area contributed by atoms with Crippen molar-refractivity contribution in [2.75, 3.05) is 26.2 Å². The zero-order valence-corrected chi connectivity index (χ0v) is 15.9. The molecule has 1 N–H and O–H groups in total. The van der Waals surface area contributed by atoms with Gasteiger partial charge in [-0.1, -0.05) is 53.6 Å². The van der Waals surface area contributed by atoms with Gasteiger partial charge in [0.2, 0.25) is 0 Å². The SMILES string of the molecule is Cc1cc(C)cc(C2(N3CCN(C(=O)O)CC3)C(=O)c3ccccc3C2=O)c1. The fourth-order valence-electron chi connectivity index (χ4n) is 4.52. The Morgan fingerprint density at radius 1 is 0.893 bits per heavy atom. The highest BCUT2D eigenvalue weighted by atomic mass is 16.4. The van der Waals surface area contributed by atoms with Crippen LogP contribution < -0.4 is 0 Å². The summed E-state index contributed by atoms with van der Waals surface area (Å²) < 4.78 is 0. The number of nitrogens with zero attached hydrogens (tertiary/aromatic N) is 2. The van der Waals surface area contributed by atoms with Crippen LogP contribution in [0.25, 0.3) is 0 Å². The second-order valence-electron chi connectivity index (χ2n) is 7.55. The fourth-order valence-corrected chi connectivity index (χ4v) is 4.52. The number of Topliss-reactive ketones (excluding diaryl/α,β-unsaturated/α-hetero) is 2. The first-order valence-corrected chi connectivity index (χ1v) is 9.36. The number of carbonyl (C=O) groups excluding carboxylic acids is 2. The molecular formula is C22H22N2O4. The Morgan fingerprint density at radius 2 is 1.39 bits per heavy atom. The van der Waals surface area contributed by atoms with Crippen LogP contribution in [0.3, 0.4) is 0 Å². The quantitative estimate of drug-likeness (QED) is 0.813. The summed E-state index contributed by atoms with van der Waals surface area (Å²) in [6.07, 6.45) is -0.979. The van der Waals surface area contributed by atoms with Crippen molar-refractivity contribution in [2.24, 2.45) is 0 Å². The van der Waals surface area contributed by atoms with Gasteiger partial charge in [0.25, 0.3) is 0 Å². The molecule has 0 atom stereocenters. The van der Waals surface area contributed by atoms with Gasteiger partial charge >= 0.3 is 6.09 Å². The van der Waals surface area contributed by atoms with Gasteiger partial charge in [-0.25, -0.2) is 4.79 Å². The van der Waals surface area contributed by atoms with Crippen molar-refractivity contribution in [3.05, 3.63) is 70.3 Å². The number of amides is 1. The molecule has 1 amide bonds. The average Bonchev–Trinajstić information content (AvgIpc) is 2.90. The normalized spacial score (nSPS) is 19.0. The van der Waals surface area contributed by atoms with Crippen LogP contribution >= 0.6 is 0 Å². The number of aryl methyl sites for hydroxylation is 2. The summed E-state index contributed by atoms with van der Waals surface area (Å²) >= 11 is 0. The van der Waals surface area contributed by atoms with Gasteiger partial charge < -0.3 is 10.0 Å². The van der Waals surface area contributed by atoms with Crippen LogP contribution in [0.4, 0.5) is 4.79 Å². The van der Waals surface area contributed by atoms with E-state index in [1.807, 2.05) is 36.9 Å². The molecule has 0 bridgehead atoms. The number of benzene rings is 2. The van der Waals surface area contributed by atoms with Gasteiger partial charge in [-0.05, 0) is 19.4 Å². The van der Waals surface area contributed by atoms with E-state index in [1.165, 1.54) is 4.90 Å². The zero-order valence-electron chi connectivity index (χ0n) is 15.9. The number of ketones is 2. The lowest BCUT2D eigenvalue weighted by molar-refractivity contribution is 0.0306. The molecule has 1 fully saturated rings. The Kier molecular flexibility index (Phi) is 4.31. The van der Waals surface area contributed by atoms with E-state index in [2.05, 4.69) is 0 Å². The van der Waals surface area contributed by atoms with E-state index in [1.54, 1.807) is 24.3 Å². The minimum absolute atomic E-state index is 0.220. The van der Waals surface area contributed by atoms with Crippen molar-refractivity contribution in [1.29, 1.82) is 0 Å². The summed E-state index contributed by atoms with van der Waals surface area (Å²) in [7, 11) is 0. The van der Waals surface area contributed by atoms with E-state index in [0.717, 1.165) is 11.1 Å². The van der Waals surface area contributed by atoms with Crippen molar-refractivity contribution in [1.82, 2.24) is 9.80 Å². The van der Waals surface area contributed by atoms with Gasteiger partial charge in [0.1, 0.15) is 0 Å². The lowest BCUT2D eigenvalue weighted by Crippen LogP contribution is -2.61. The maximum Gasteiger partial charge on any atom is 0.407 e. The summed E-state index contributed by atoms with van der Waals surface area (Å²) in [4.78, 5) is 41.8. The molecule has 1 aliphatic heterocycles. The number of hydrogen-bond donors (Lipinski definition) is 1. The first-order chi connectivity index (χ1) is 13.4. The number of hydrogen-bond acceptors (Lipinski definition) is 4. The first kappa shape index (κ1) is 18.4. The third-order valence-electron chi connectivity index (χ3n) is 5.74. The van der Waals surface area contributed by atoms with Gasteiger partial charge in [0, 0.05) is 37.3 Å². The molecule has 28 heavy (non-hydrogen) atoms. The third kappa shape index (κ3) is 2.56. The van der Waals surface area contributed by atoms with Gasteiger partial charge in [0.05, 0.1) is 0 Å². The Morgan fingerprint density at radius 3 is 1.86 bits per heavy atom. The average molecular weight is 378 g/mol. The second kappa shape index (κ2) is 6.56. The van der Waals surface area contributed by atoms with Crippen molar-refractivity contribution >= 4 is 17.7 Å². The van der Waals surface area contributed by atoms with Crippen LogP contribution in [-0.4, -0.2) is 58.7 Å². The monoisotopic (exact) mass is 378 g/mol. The van der Waals surface area contributed by atoms with Crippen LogP contribution in [0.1, 0.15) is 37.4 Å². The summed E-state index contributed by atoms with van der Waals surface area (Å²) in [5.41, 5.74) is 2.08. The van der Waals surface area contributed by atoms with E-state index in [0.29, 0.717) is 29.8 Å². The van der Waals surface area contributed by atoms with Crippen LogP contribution in [0.15, 0.2) is 42.5 Å². The summed E-state index contributed by atoms with van der Waals surface area (Å²) in [6, 6.07) is 12.8. The van der Waals surface area contributed by atoms with Crippen LogP contribution in [0.5, 0.6) is 0 Å². The lowest BCUT2D eigenvalue weighted by Gasteiger charge is -2.43. The molecule has 0 saturated carbocycles. The fraction of sp³-hybridized carbons (Fsp3) is 0.318. The molecule has 0 spiro atoms. The summed E-state index contributed by atoms with van der Waals surface area (Å²) in [6.45, 7) is 5.07. The molecule has 4 rings (SSSR count). The van der Waals surface area contributed by atoms with Crippen molar-refractivity contribution in [3.8, 4) is 0 Å². The molecule has 2 aliphatic rings. The van der Waals surface area contributed by atoms with Crippen molar-refractivity contribution < 1.29 is 19.5 Å². The highest BCUT2D eigenvalue weighted by molar-refractivity contribution is 6.32. The van der Waals surface area contributed by atoms with Gasteiger partial charge in [-0.15, -0.1) is 0 Å². The number of piperazine rings is 1. The van der Waals surface area contributed by atoms with Crippen LogP contribution in [0.2, 0.25) is 0 Å². The molecule has 0 aromatic heterocycles.